The summed E-state index contributed by atoms with van der Waals surface area (Å²) in [5.74, 6) is 1.17. The van der Waals surface area contributed by atoms with Gasteiger partial charge in [-0.3, -0.25) is 4.79 Å². The monoisotopic (exact) mass is 312 g/mol. The van der Waals surface area contributed by atoms with Gasteiger partial charge in [-0.1, -0.05) is 38.1 Å². The maximum Gasteiger partial charge on any atom is 0.228 e. The molecule has 4 nitrogen and oxygen atoms in total. The van der Waals surface area contributed by atoms with Crippen molar-refractivity contribution in [3.63, 3.8) is 0 Å². The molecule has 0 unspecified atom stereocenters. The summed E-state index contributed by atoms with van der Waals surface area (Å²) in [4.78, 5) is 12.1. The number of carbonyl (C=O) groups is 1. The topological polar surface area (TPSA) is 64.3 Å². The second kappa shape index (κ2) is 7.68. The Morgan fingerprint density at radius 3 is 2.35 bits per heavy atom. The van der Waals surface area contributed by atoms with Crippen LogP contribution in [0.25, 0.3) is 0 Å². The summed E-state index contributed by atoms with van der Waals surface area (Å²) in [5.41, 5.74) is 9.31. The van der Waals surface area contributed by atoms with Crippen molar-refractivity contribution >= 4 is 17.3 Å². The third kappa shape index (κ3) is 5.02. The van der Waals surface area contributed by atoms with Gasteiger partial charge >= 0.3 is 0 Å². The molecule has 0 saturated carbocycles. The second-order valence-electron chi connectivity index (χ2n) is 6.10. The Morgan fingerprint density at radius 2 is 1.78 bits per heavy atom. The molecule has 0 aliphatic rings. The Labute approximate surface area is 137 Å². The van der Waals surface area contributed by atoms with Crippen LogP contribution < -0.4 is 15.8 Å². The summed E-state index contributed by atoms with van der Waals surface area (Å²) < 4.78 is 5.10. The Hall–Kier alpha value is -2.49. The van der Waals surface area contributed by atoms with E-state index >= 15 is 0 Å². The highest BCUT2D eigenvalue weighted by Gasteiger charge is 2.07. The number of methoxy groups -OCH3 is 1. The van der Waals surface area contributed by atoms with Crippen LogP contribution >= 0.6 is 0 Å². The van der Waals surface area contributed by atoms with Gasteiger partial charge in [0.15, 0.2) is 0 Å². The fraction of sp³-hybridized carbons (Fsp3) is 0.316. The van der Waals surface area contributed by atoms with Gasteiger partial charge in [0, 0.05) is 5.69 Å². The average molecular weight is 312 g/mol. The molecule has 3 N–H and O–H groups in total. The number of nitrogens with two attached hydrogens (primary N) is 1. The predicted octanol–water partition coefficient (Wildman–Crippen LogP) is 3.66. The normalized spacial score (nSPS) is 10.6. The van der Waals surface area contributed by atoms with Crippen LogP contribution in [0.5, 0.6) is 5.75 Å². The number of nitrogen functional groups attached to an aromatic ring is 1. The predicted molar refractivity (Wildman–Crippen MR) is 94.7 cm³/mol. The van der Waals surface area contributed by atoms with Crippen LogP contribution in [0.4, 0.5) is 11.4 Å². The minimum atomic E-state index is -0.0637. The summed E-state index contributed by atoms with van der Waals surface area (Å²) >= 11 is 0. The van der Waals surface area contributed by atoms with Gasteiger partial charge in [-0.25, -0.2) is 0 Å². The van der Waals surface area contributed by atoms with Crippen molar-refractivity contribution in [1.29, 1.82) is 0 Å². The van der Waals surface area contributed by atoms with Crippen LogP contribution in [0.1, 0.15) is 25.0 Å². The first kappa shape index (κ1) is 16.9. The zero-order chi connectivity index (χ0) is 16.8. The molecule has 1 amide bonds. The Morgan fingerprint density at radius 1 is 1.13 bits per heavy atom. The standard InChI is InChI=1S/C19H24N2O2/c1-13(2)10-14-4-6-15(7-5-14)11-19(22)21-16-8-9-18(23-3)17(20)12-16/h4-9,12-13H,10-11,20H2,1-3H3,(H,21,22). The zero-order valence-electron chi connectivity index (χ0n) is 13.9. The first-order valence-corrected chi connectivity index (χ1v) is 7.79. The molecular weight excluding hydrogens is 288 g/mol. The van der Waals surface area contributed by atoms with E-state index in [1.54, 1.807) is 25.3 Å². The molecule has 2 aromatic carbocycles. The van der Waals surface area contributed by atoms with E-state index in [4.69, 9.17) is 10.5 Å². The molecule has 0 saturated heterocycles. The molecule has 4 heteroatoms. The van der Waals surface area contributed by atoms with Crippen molar-refractivity contribution in [2.75, 3.05) is 18.2 Å². The van der Waals surface area contributed by atoms with Crippen LogP contribution in [0.15, 0.2) is 42.5 Å². The molecule has 0 atom stereocenters. The third-order valence-electron chi connectivity index (χ3n) is 3.55. The van der Waals surface area contributed by atoms with Crippen LogP contribution in [0.3, 0.4) is 0 Å². The maximum atomic E-state index is 12.1. The zero-order valence-corrected chi connectivity index (χ0v) is 13.9. The molecule has 23 heavy (non-hydrogen) atoms. The van der Waals surface area contributed by atoms with Gasteiger partial charge in [-0.2, -0.15) is 0 Å². The number of anilines is 2. The van der Waals surface area contributed by atoms with Crippen molar-refractivity contribution < 1.29 is 9.53 Å². The molecule has 122 valence electrons. The van der Waals surface area contributed by atoms with Gasteiger partial charge < -0.3 is 15.8 Å². The van der Waals surface area contributed by atoms with Crippen LogP contribution in [-0.4, -0.2) is 13.0 Å². The lowest BCUT2D eigenvalue weighted by Gasteiger charge is -2.09. The molecule has 0 fully saturated rings. The fourth-order valence-corrected chi connectivity index (χ4v) is 2.47. The molecule has 2 rings (SSSR count). The summed E-state index contributed by atoms with van der Waals surface area (Å²) in [6.45, 7) is 4.39. The van der Waals surface area contributed by atoms with Gasteiger partial charge in [-0.15, -0.1) is 0 Å². The Bertz CT molecular complexity index is 664. The first-order chi connectivity index (χ1) is 11.0. The number of carbonyl (C=O) groups excluding carboxylic acids is 1. The van der Waals surface area contributed by atoms with E-state index in [2.05, 4.69) is 31.3 Å². The van der Waals surface area contributed by atoms with Crippen molar-refractivity contribution in [3.8, 4) is 5.75 Å². The number of ether oxygens (including phenoxy) is 1. The van der Waals surface area contributed by atoms with Crippen molar-refractivity contribution in [2.24, 2.45) is 5.92 Å². The average Bonchev–Trinajstić information content (AvgIpc) is 2.49. The quantitative estimate of drug-likeness (QED) is 0.800. The Balaban J connectivity index is 1.95. The van der Waals surface area contributed by atoms with E-state index in [1.807, 2.05) is 12.1 Å². The minimum Gasteiger partial charge on any atom is -0.495 e. The Kier molecular flexibility index (Phi) is 5.63. The van der Waals surface area contributed by atoms with E-state index in [0.29, 0.717) is 29.5 Å². The molecule has 0 spiro atoms. The molecular formula is C19H24N2O2. The van der Waals surface area contributed by atoms with Crippen molar-refractivity contribution in [3.05, 3.63) is 53.6 Å². The number of hydrogen-bond donors (Lipinski definition) is 2. The largest absolute Gasteiger partial charge is 0.495 e. The fourth-order valence-electron chi connectivity index (χ4n) is 2.47. The molecule has 0 aliphatic heterocycles. The minimum absolute atomic E-state index is 0.0637. The summed E-state index contributed by atoms with van der Waals surface area (Å²) in [6, 6.07) is 13.4. The SMILES string of the molecule is COc1ccc(NC(=O)Cc2ccc(CC(C)C)cc2)cc1N. The first-order valence-electron chi connectivity index (χ1n) is 7.79. The van der Waals surface area contributed by atoms with Crippen molar-refractivity contribution in [2.45, 2.75) is 26.7 Å². The lowest BCUT2D eigenvalue weighted by atomic mass is 10.0. The highest BCUT2D eigenvalue weighted by molar-refractivity contribution is 5.92. The number of amides is 1. The van der Waals surface area contributed by atoms with Crippen LogP contribution in [0, 0.1) is 5.92 Å². The lowest BCUT2D eigenvalue weighted by molar-refractivity contribution is -0.115. The van der Waals surface area contributed by atoms with E-state index in [-0.39, 0.29) is 5.91 Å². The van der Waals surface area contributed by atoms with Crippen molar-refractivity contribution in [1.82, 2.24) is 0 Å². The number of hydrogen-bond acceptors (Lipinski definition) is 3. The highest BCUT2D eigenvalue weighted by atomic mass is 16.5. The molecule has 0 heterocycles. The summed E-state index contributed by atoms with van der Waals surface area (Å²) in [5, 5.41) is 2.85. The van der Waals surface area contributed by atoms with E-state index in [9.17, 15) is 4.79 Å². The van der Waals surface area contributed by atoms with Gasteiger partial charge in [0.1, 0.15) is 5.75 Å². The van der Waals surface area contributed by atoms with Gasteiger partial charge in [-0.05, 0) is 41.7 Å². The maximum absolute atomic E-state index is 12.1. The van der Waals surface area contributed by atoms with Gasteiger partial charge in [0.05, 0.1) is 19.2 Å². The molecule has 0 radical (unpaired) electrons. The third-order valence-corrected chi connectivity index (χ3v) is 3.55. The molecule has 0 aliphatic carbocycles. The van der Waals surface area contributed by atoms with Crippen LogP contribution in [0.2, 0.25) is 0 Å². The van der Waals surface area contributed by atoms with E-state index in [0.717, 1.165) is 12.0 Å². The molecule has 0 aromatic heterocycles. The van der Waals surface area contributed by atoms with Gasteiger partial charge in [0.25, 0.3) is 0 Å². The number of rotatable bonds is 6. The molecule has 2 aromatic rings. The number of benzene rings is 2. The smallest absolute Gasteiger partial charge is 0.228 e. The molecule has 0 bridgehead atoms. The number of nitrogens with one attached hydrogen (secondary N) is 1. The summed E-state index contributed by atoms with van der Waals surface area (Å²) in [6.07, 6.45) is 1.39. The summed E-state index contributed by atoms with van der Waals surface area (Å²) in [7, 11) is 1.56. The van der Waals surface area contributed by atoms with E-state index in [1.165, 1.54) is 5.56 Å². The lowest BCUT2D eigenvalue weighted by Crippen LogP contribution is -2.14. The van der Waals surface area contributed by atoms with E-state index < -0.39 is 0 Å². The van der Waals surface area contributed by atoms with Crippen LogP contribution in [-0.2, 0) is 17.6 Å². The second-order valence-corrected chi connectivity index (χ2v) is 6.10. The highest BCUT2D eigenvalue weighted by Crippen LogP contribution is 2.24. The van der Waals surface area contributed by atoms with Gasteiger partial charge in [0.2, 0.25) is 5.91 Å².